The van der Waals surface area contributed by atoms with Crippen LogP contribution in [0.15, 0.2) is 42.5 Å². The van der Waals surface area contributed by atoms with E-state index in [1.807, 2.05) is 24.3 Å². The Balaban J connectivity index is 1.95. The highest BCUT2D eigenvalue weighted by Gasteiger charge is 2.13. The number of carbonyl (C=O) groups is 1. The molecule has 2 rings (SSSR count). The number of methoxy groups -OCH3 is 1. The molecule has 1 unspecified atom stereocenters. The average Bonchev–Trinajstić information content (AvgIpc) is 2.66. The van der Waals surface area contributed by atoms with Gasteiger partial charge in [0.05, 0.1) is 23.8 Å². The Labute approximate surface area is 152 Å². The van der Waals surface area contributed by atoms with Crippen molar-refractivity contribution in [3.63, 3.8) is 0 Å². The molecule has 7 nitrogen and oxygen atoms in total. The van der Waals surface area contributed by atoms with Gasteiger partial charge in [-0.1, -0.05) is 26.0 Å². The van der Waals surface area contributed by atoms with Crippen LogP contribution in [0.3, 0.4) is 0 Å². The van der Waals surface area contributed by atoms with E-state index >= 15 is 0 Å². The van der Waals surface area contributed by atoms with Gasteiger partial charge < -0.3 is 14.8 Å². The van der Waals surface area contributed by atoms with Crippen LogP contribution in [0, 0.1) is 10.1 Å². The maximum atomic E-state index is 12.1. The SMILES string of the molecule is CCC(C)c1ccc(OCC(=O)Nc2ccc([N+](=O)[O-])cc2OC)cc1. The van der Waals surface area contributed by atoms with E-state index in [9.17, 15) is 14.9 Å². The third-order valence-corrected chi connectivity index (χ3v) is 4.10. The lowest BCUT2D eigenvalue weighted by atomic mass is 9.99. The molecule has 0 heterocycles. The number of hydrogen-bond acceptors (Lipinski definition) is 5. The van der Waals surface area contributed by atoms with E-state index in [1.165, 1.54) is 30.9 Å². The number of ether oxygens (including phenoxy) is 2. The molecule has 2 aromatic rings. The average molecular weight is 358 g/mol. The van der Waals surface area contributed by atoms with Crippen LogP contribution >= 0.6 is 0 Å². The number of nitro groups is 1. The van der Waals surface area contributed by atoms with Crippen molar-refractivity contribution in [1.82, 2.24) is 0 Å². The van der Waals surface area contributed by atoms with Crippen LogP contribution in [0.4, 0.5) is 11.4 Å². The predicted molar refractivity (Wildman–Crippen MR) is 98.9 cm³/mol. The van der Waals surface area contributed by atoms with Crippen LogP contribution in [0.1, 0.15) is 31.7 Å². The summed E-state index contributed by atoms with van der Waals surface area (Å²) in [7, 11) is 1.38. The first kappa shape index (κ1) is 19.2. The molecule has 0 aliphatic rings. The Morgan fingerprint density at radius 1 is 1.23 bits per heavy atom. The summed E-state index contributed by atoms with van der Waals surface area (Å²) in [6, 6.07) is 11.6. The Bertz CT molecular complexity index is 774. The number of amides is 1. The first-order valence-electron chi connectivity index (χ1n) is 8.29. The molecule has 0 aromatic heterocycles. The highest BCUT2D eigenvalue weighted by Crippen LogP contribution is 2.29. The van der Waals surface area contributed by atoms with Gasteiger partial charge in [-0.05, 0) is 36.1 Å². The Morgan fingerprint density at radius 3 is 2.50 bits per heavy atom. The zero-order chi connectivity index (χ0) is 19.1. The smallest absolute Gasteiger partial charge is 0.273 e. The number of nitro benzene ring substituents is 1. The van der Waals surface area contributed by atoms with E-state index in [-0.39, 0.29) is 24.0 Å². The zero-order valence-electron chi connectivity index (χ0n) is 15.0. The molecule has 0 fully saturated rings. The number of benzene rings is 2. The van der Waals surface area contributed by atoms with Crippen LogP contribution in [0.5, 0.6) is 11.5 Å². The van der Waals surface area contributed by atoms with Crippen molar-refractivity contribution in [1.29, 1.82) is 0 Å². The van der Waals surface area contributed by atoms with Gasteiger partial charge in [0, 0.05) is 6.07 Å². The Morgan fingerprint density at radius 2 is 1.92 bits per heavy atom. The fourth-order valence-electron chi connectivity index (χ4n) is 2.36. The lowest BCUT2D eigenvalue weighted by molar-refractivity contribution is -0.384. The number of carbonyl (C=O) groups excluding carboxylic acids is 1. The summed E-state index contributed by atoms with van der Waals surface area (Å²) in [5.74, 6) is 0.901. The van der Waals surface area contributed by atoms with Gasteiger partial charge in [0.1, 0.15) is 11.5 Å². The second kappa shape index (κ2) is 8.84. The number of non-ortho nitro benzene ring substituents is 1. The number of nitrogens with zero attached hydrogens (tertiary/aromatic N) is 1. The third-order valence-electron chi connectivity index (χ3n) is 4.10. The third kappa shape index (κ3) is 4.95. The van der Waals surface area contributed by atoms with Gasteiger partial charge >= 0.3 is 0 Å². The molecule has 0 saturated heterocycles. The molecule has 0 aliphatic heterocycles. The van der Waals surface area contributed by atoms with E-state index in [4.69, 9.17) is 9.47 Å². The normalized spacial score (nSPS) is 11.5. The van der Waals surface area contributed by atoms with Crippen molar-refractivity contribution in [2.75, 3.05) is 19.0 Å². The van der Waals surface area contributed by atoms with Crippen molar-refractivity contribution in [3.8, 4) is 11.5 Å². The second-order valence-corrected chi connectivity index (χ2v) is 5.86. The minimum Gasteiger partial charge on any atom is -0.494 e. The van der Waals surface area contributed by atoms with Crippen molar-refractivity contribution >= 4 is 17.3 Å². The fourth-order valence-corrected chi connectivity index (χ4v) is 2.36. The lowest BCUT2D eigenvalue weighted by Gasteiger charge is -2.12. The minimum absolute atomic E-state index is 0.113. The number of nitrogens with one attached hydrogen (secondary N) is 1. The fraction of sp³-hybridized carbons (Fsp3) is 0.316. The van der Waals surface area contributed by atoms with E-state index in [0.717, 1.165) is 6.42 Å². The van der Waals surface area contributed by atoms with Crippen molar-refractivity contribution in [2.45, 2.75) is 26.2 Å². The topological polar surface area (TPSA) is 90.7 Å². The van der Waals surface area contributed by atoms with Crippen LogP contribution in [0.2, 0.25) is 0 Å². The number of anilines is 1. The summed E-state index contributed by atoms with van der Waals surface area (Å²) in [6.07, 6.45) is 1.06. The van der Waals surface area contributed by atoms with Crippen molar-refractivity contribution < 1.29 is 19.2 Å². The maximum Gasteiger partial charge on any atom is 0.273 e. The van der Waals surface area contributed by atoms with E-state index in [2.05, 4.69) is 19.2 Å². The van der Waals surface area contributed by atoms with Gasteiger partial charge in [-0.15, -0.1) is 0 Å². The summed E-state index contributed by atoms with van der Waals surface area (Å²) in [4.78, 5) is 22.3. The second-order valence-electron chi connectivity index (χ2n) is 5.86. The summed E-state index contributed by atoms with van der Waals surface area (Å²) in [5, 5.41) is 13.4. The van der Waals surface area contributed by atoms with Crippen molar-refractivity contribution in [3.05, 3.63) is 58.1 Å². The molecule has 0 aliphatic carbocycles. The van der Waals surface area contributed by atoms with Gasteiger partial charge in [-0.3, -0.25) is 14.9 Å². The Kier molecular flexibility index (Phi) is 6.54. The predicted octanol–water partition coefficient (Wildman–Crippen LogP) is 4.13. The monoisotopic (exact) mass is 358 g/mol. The summed E-state index contributed by atoms with van der Waals surface area (Å²) >= 11 is 0. The largest absolute Gasteiger partial charge is 0.494 e. The molecule has 0 saturated carbocycles. The van der Waals surface area contributed by atoms with Crippen LogP contribution in [-0.4, -0.2) is 24.5 Å². The van der Waals surface area contributed by atoms with Gasteiger partial charge in [0.2, 0.25) is 0 Å². The van der Waals surface area contributed by atoms with Gasteiger partial charge in [-0.2, -0.15) is 0 Å². The van der Waals surface area contributed by atoms with Crippen LogP contribution < -0.4 is 14.8 Å². The quantitative estimate of drug-likeness (QED) is 0.566. The highest BCUT2D eigenvalue weighted by atomic mass is 16.6. The summed E-state index contributed by atoms with van der Waals surface area (Å²) in [5.41, 5.74) is 1.45. The summed E-state index contributed by atoms with van der Waals surface area (Å²) < 4.78 is 10.6. The molecule has 0 bridgehead atoms. The summed E-state index contributed by atoms with van der Waals surface area (Å²) in [6.45, 7) is 4.11. The molecule has 0 spiro atoms. The van der Waals surface area contributed by atoms with Crippen molar-refractivity contribution in [2.24, 2.45) is 0 Å². The molecule has 138 valence electrons. The number of rotatable bonds is 8. The minimum atomic E-state index is -0.527. The van der Waals surface area contributed by atoms with Gasteiger partial charge in [0.25, 0.3) is 11.6 Å². The van der Waals surface area contributed by atoms with Crippen LogP contribution in [0.25, 0.3) is 0 Å². The number of hydrogen-bond donors (Lipinski definition) is 1. The zero-order valence-corrected chi connectivity index (χ0v) is 15.0. The molecular formula is C19H22N2O5. The maximum absolute atomic E-state index is 12.1. The van der Waals surface area contributed by atoms with E-state index in [0.29, 0.717) is 17.4 Å². The molecule has 7 heteroatoms. The van der Waals surface area contributed by atoms with Gasteiger partial charge in [-0.25, -0.2) is 0 Å². The van der Waals surface area contributed by atoms with Gasteiger partial charge in [0.15, 0.2) is 6.61 Å². The Hall–Kier alpha value is -3.09. The lowest BCUT2D eigenvalue weighted by Crippen LogP contribution is -2.20. The molecule has 2 aromatic carbocycles. The molecule has 1 atom stereocenters. The first-order chi connectivity index (χ1) is 12.4. The first-order valence-corrected chi connectivity index (χ1v) is 8.29. The van der Waals surface area contributed by atoms with Crippen LogP contribution in [-0.2, 0) is 4.79 Å². The standard InChI is InChI=1S/C19H22N2O5/c1-4-13(2)14-5-8-16(9-6-14)26-12-19(22)20-17-10-7-15(21(23)24)11-18(17)25-3/h5-11,13H,4,12H2,1-3H3,(H,20,22). The molecule has 1 amide bonds. The molecule has 0 radical (unpaired) electrons. The molecule has 1 N–H and O–H groups in total. The highest BCUT2D eigenvalue weighted by molar-refractivity contribution is 5.93. The van der Waals surface area contributed by atoms with E-state index < -0.39 is 4.92 Å². The van der Waals surface area contributed by atoms with E-state index in [1.54, 1.807) is 0 Å². The molecular weight excluding hydrogens is 336 g/mol. The molecule has 26 heavy (non-hydrogen) atoms.